The van der Waals surface area contributed by atoms with Gasteiger partial charge in [-0.15, -0.1) is 0 Å². The van der Waals surface area contributed by atoms with Crippen LogP contribution in [0.4, 0.5) is 0 Å². The third-order valence-corrected chi connectivity index (χ3v) is 7.09. The fraction of sp³-hybridized carbons (Fsp3) is 0.471. The number of nitrogens with zero attached hydrogens (tertiary/aromatic N) is 1. The van der Waals surface area contributed by atoms with E-state index in [0.717, 1.165) is 42.1 Å². The van der Waals surface area contributed by atoms with Crippen molar-refractivity contribution in [1.82, 2.24) is 10.0 Å². The van der Waals surface area contributed by atoms with Crippen LogP contribution in [0.15, 0.2) is 34.3 Å². The molecule has 129 valence electrons. The predicted molar refractivity (Wildman–Crippen MR) is 96.6 cm³/mol. The Labute approximate surface area is 151 Å². The maximum atomic E-state index is 12.9. The van der Waals surface area contributed by atoms with E-state index in [0.29, 0.717) is 5.56 Å². The summed E-state index contributed by atoms with van der Waals surface area (Å²) in [5.41, 5.74) is 0.756. The molecular weight excluding hydrogens is 392 g/mol. The minimum Gasteiger partial charge on any atom is -0.273 e. The topological polar surface area (TPSA) is 77.3 Å². The number of nitrogens with one attached hydrogen (secondary N) is 1. The van der Waals surface area contributed by atoms with Gasteiger partial charge in [0.05, 0.1) is 17.0 Å². The van der Waals surface area contributed by atoms with Gasteiger partial charge in [0.15, 0.2) is 0 Å². The minimum atomic E-state index is -3.64. The molecule has 24 heavy (non-hydrogen) atoms. The van der Waals surface area contributed by atoms with Gasteiger partial charge in [-0.05, 0) is 24.5 Å². The molecule has 1 aliphatic heterocycles. The average Bonchev–Trinajstić information content (AvgIpc) is 2.73. The van der Waals surface area contributed by atoms with Crippen LogP contribution in [-0.2, 0) is 14.8 Å². The number of rotatable bonds is 3. The molecule has 1 aromatic rings. The zero-order valence-electron chi connectivity index (χ0n) is 13.5. The zero-order valence-corrected chi connectivity index (χ0v) is 15.9. The molecule has 5 nitrogen and oxygen atoms in total. The molecule has 3 rings (SSSR count). The van der Waals surface area contributed by atoms with Crippen LogP contribution in [0.1, 0.15) is 44.6 Å². The fourth-order valence-corrected chi connectivity index (χ4v) is 6.28. The van der Waals surface area contributed by atoms with Crippen LogP contribution >= 0.6 is 15.9 Å². The van der Waals surface area contributed by atoms with Gasteiger partial charge in [-0.25, -0.2) is 18.5 Å². The first kappa shape index (κ1) is 17.6. The highest BCUT2D eigenvalue weighted by atomic mass is 79.9. The van der Waals surface area contributed by atoms with Crippen LogP contribution in [0.3, 0.4) is 0 Å². The smallest absolute Gasteiger partial charge is 0.242 e. The number of benzene rings is 1. The first-order valence-electron chi connectivity index (χ1n) is 8.06. The van der Waals surface area contributed by atoms with Crippen molar-refractivity contribution in [3.8, 4) is 0 Å². The highest BCUT2D eigenvalue weighted by Crippen LogP contribution is 2.46. The number of hydrogen-bond acceptors (Lipinski definition) is 3. The largest absolute Gasteiger partial charge is 0.273 e. The first-order chi connectivity index (χ1) is 11.4. The van der Waals surface area contributed by atoms with Gasteiger partial charge >= 0.3 is 0 Å². The lowest BCUT2D eigenvalue weighted by atomic mass is 9.76. The van der Waals surface area contributed by atoms with Gasteiger partial charge < -0.3 is 0 Å². The van der Waals surface area contributed by atoms with E-state index in [1.54, 1.807) is 6.07 Å². The number of carbonyl (C=O) groups excluding carboxylic acids is 1. The van der Waals surface area contributed by atoms with Crippen molar-refractivity contribution >= 4 is 36.8 Å². The molecule has 0 atom stereocenters. The van der Waals surface area contributed by atoms with E-state index >= 15 is 0 Å². The summed E-state index contributed by atoms with van der Waals surface area (Å²) in [6, 6.07) is 7.27. The normalized spacial score (nSPS) is 21.9. The van der Waals surface area contributed by atoms with Crippen LogP contribution in [-0.4, -0.2) is 26.4 Å². The molecule has 1 heterocycles. The first-order valence-corrected chi connectivity index (χ1v) is 10.3. The molecule has 1 N–H and O–H groups in total. The van der Waals surface area contributed by atoms with E-state index in [1.165, 1.54) is 6.92 Å². The summed E-state index contributed by atoms with van der Waals surface area (Å²) in [5.74, 6) is -0.288. The van der Waals surface area contributed by atoms with Crippen LogP contribution in [0.25, 0.3) is 4.91 Å². The third kappa shape index (κ3) is 3.17. The Kier molecular flexibility index (Phi) is 4.86. The summed E-state index contributed by atoms with van der Waals surface area (Å²) in [6.45, 7) is 1.52. The molecule has 0 unspecified atom stereocenters. The number of amides is 1. The van der Waals surface area contributed by atoms with E-state index < -0.39 is 15.6 Å². The number of hydrogen-bond donors (Lipinski definition) is 1. The molecule has 1 radical (unpaired) electrons. The zero-order chi connectivity index (χ0) is 17.4. The summed E-state index contributed by atoms with van der Waals surface area (Å²) >= 11 is 3.45. The fourth-order valence-electron chi connectivity index (χ4n) is 3.67. The average molecular weight is 412 g/mol. The van der Waals surface area contributed by atoms with Gasteiger partial charge in [0.2, 0.25) is 15.9 Å². The second kappa shape index (κ2) is 6.61. The number of halogens is 1. The molecule has 1 spiro atoms. The third-order valence-electron chi connectivity index (χ3n) is 4.74. The standard InChI is InChI=1S/C17H20BrN2O3S/c1-12(21)19-11-14-16(13-7-3-4-8-15(13)18)24(22,23)20-17(14)9-5-2-6-10-17/h3-4,7-8,20H,2,5-6,9-11H2,1H3. The van der Waals surface area contributed by atoms with E-state index in [9.17, 15) is 13.2 Å². The Balaban J connectivity index is 2.19. The predicted octanol–water partition coefficient (Wildman–Crippen LogP) is 2.95. The molecule has 0 saturated heterocycles. The van der Waals surface area contributed by atoms with E-state index in [1.807, 2.05) is 18.2 Å². The Morgan fingerprint density at radius 2 is 1.92 bits per heavy atom. The van der Waals surface area contributed by atoms with Crippen molar-refractivity contribution in [2.75, 3.05) is 6.54 Å². The van der Waals surface area contributed by atoms with Crippen molar-refractivity contribution in [3.63, 3.8) is 0 Å². The van der Waals surface area contributed by atoms with Crippen molar-refractivity contribution in [2.45, 2.75) is 44.6 Å². The lowest BCUT2D eigenvalue weighted by molar-refractivity contribution is -0.119. The molecule has 1 aromatic carbocycles. The maximum absolute atomic E-state index is 12.9. The van der Waals surface area contributed by atoms with Crippen molar-refractivity contribution in [3.05, 3.63) is 39.9 Å². The molecular formula is C17H20BrN2O3S. The van der Waals surface area contributed by atoms with Gasteiger partial charge in [0.1, 0.15) is 0 Å². The lowest BCUT2D eigenvalue weighted by Crippen LogP contribution is -2.47. The van der Waals surface area contributed by atoms with Crippen molar-refractivity contribution in [1.29, 1.82) is 0 Å². The van der Waals surface area contributed by atoms with Gasteiger partial charge in [-0.1, -0.05) is 53.4 Å². The van der Waals surface area contributed by atoms with Crippen molar-refractivity contribution < 1.29 is 13.2 Å². The monoisotopic (exact) mass is 411 g/mol. The van der Waals surface area contributed by atoms with E-state index in [-0.39, 0.29) is 17.4 Å². The number of carbonyl (C=O) groups is 1. The SMILES string of the molecule is CC(=O)[N]CC1=C(c2ccccc2Br)S(=O)(=O)NC12CCCCC2. The molecule has 1 saturated carbocycles. The molecule has 1 aliphatic carbocycles. The van der Waals surface area contributed by atoms with E-state index in [2.05, 4.69) is 26.0 Å². The Bertz CT molecular complexity index is 796. The van der Waals surface area contributed by atoms with Crippen molar-refractivity contribution in [2.24, 2.45) is 0 Å². The van der Waals surface area contributed by atoms with Gasteiger partial charge in [-0.3, -0.25) is 4.79 Å². The van der Waals surface area contributed by atoms with Gasteiger partial charge in [0.25, 0.3) is 0 Å². The minimum absolute atomic E-state index is 0.123. The molecule has 2 aliphatic rings. The Hall–Kier alpha value is -1.18. The van der Waals surface area contributed by atoms with Gasteiger partial charge in [0, 0.05) is 17.0 Å². The Morgan fingerprint density at radius 1 is 1.25 bits per heavy atom. The van der Waals surface area contributed by atoms with Gasteiger partial charge in [-0.2, -0.15) is 0 Å². The van der Waals surface area contributed by atoms with Crippen LogP contribution in [0.2, 0.25) is 0 Å². The molecule has 1 amide bonds. The number of sulfonamides is 1. The quantitative estimate of drug-likeness (QED) is 0.830. The highest BCUT2D eigenvalue weighted by molar-refractivity contribution is 9.10. The van der Waals surface area contributed by atoms with Crippen LogP contribution in [0, 0.1) is 0 Å². The molecule has 1 fully saturated rings. The summed E-state index contributed by atoms with van der Waals surface area (Å²) in [6.07, 6.45) is 4.54. The van der Waals surface area contributed by atoms with Crippen LogP contribution < -0.4 is 10.0 Å². The van der Waals surface area contributed by atoms with Crippen LogP contribution in [0.5, 0.6) is 0 Å². The lowest BCUT2D eigenvalue weighted by Gasteiger charge is -2.35. The highest BCUT2D eigenvalue weighted by Gasteiger charge is 2.49. The molecule has 0 bridgehead atoms. The summed E-state index contributed by atoms with van der Waals surface area (Å²) in [4.78, 5) is 11.7. The Morgan fingerprint density at radius 3 is 2.54 bits per heavy atom. The van der Waals surface area contributed by atoms with E-state index in [4.69, 9.17) is 0 Å². The second-order valence-corrected chi connectivity index (χ2v) is 8.84. The summed E-state index contributed by atoms with van der Waals surface area (Å²) in [5, 5.41) is 4.01. The second-order valence-electron chi connectivity index (χ2n) is 6.37. The summed E-state index contributed by atoms with van der Waals surface area (Å²) < 4.78 is 29.5. The molecule has 0 aromatic heterocycles. The maximum Gasteiger partial charge on any atom is 0.242 e. The summed E-state index contributed by atoms with van der Waals surface area (Å²) in [7, 11) is -3.64. The molecule has 7 heteroatoms.